The number of rotatable bonds is 7. The Bertz CT molecular complexity index is 1310. The van der Waals surface area contributed by atoms with Crippen LogP contribution in [0.3, 0.4) is 0 Å². The Labute approximate surface area is 250 Å². The molecule has 9 nitrogen and oxygen atoms in total. The Morgan fingerprint density at radius 3 is 2.26 bits per heavy atom. The molecule has 1 aromatic heterocycles. The first-order valence-corrected chi connectivity index (χ1v) is 14.7. The standard InChI is InChI=1S/C28H33N7O2.C5H12/c1-4-26(37)34-18-22(19-34)11-12-35-20(2)5-6-23-17-29-28(31-27(23)35)30-24-7-9-25(10-8-24)33-15-13-32(14-16-33)21(3)36;1-5(2,3)4/h4-10,17,22H,1-2,11-16,18-19H2,3H3,(H,29,30,31);1-4H3. The molecular weight excluding hydrogens is 526 g/mol. The van der Waals surface area contributed by atoms with Gasteiger partial charge in [0.15, 0.2) is 0 Å². The molecule has 0 unspecified atom stereocenters. The molecule has 2 aromatic rings. The Balaban J connectivity index is 0.000000748. The van der Waals surface area contributed by atoms with Gasteiger partial charge in [0.05, 0.1) is 0 Å². The lowest BCUT2D eigenvalue weighted by atomic mass is 9.95. The molecule has 0 aliphatic carbocycles. The lowest BCUT2D eigenvalue weighted by Gasteiger charge is -2.40. The molecule has 4 heterocycles. The van der Waals surface area contributed by atoms with Crippen LogP contribution in [0.15, 0.2) is 61.5 Å². The minimum atomic E-state index is -0.000967. The van der Waals surface area contributed by atoms with Gasteiger partial charge in [-0.25, -0.2) is 4.98 Å². The van der Waals surface area contributed by atoms with Crippen molar-refractivity contribution in [2.45, 2.75) is 41.0 Å². The first-order chi connectivity index (χ1) is 19.9. The molecule has 5 rings (SSSR count). The summed E-state index contributed by atoms with van der Waals surface area (Å²) in [5.41, 5.74) is 4.39. The minimum Gasteiger partial charge on any atom is -0.368 e. The van der Waals surface area contributed by atoms with Gasteiger partial charge in [-0.3, -0.25) is 9.59 Å². The van der Waals surface area contributed by atoms with Crippen molar-refractivity contribution in [2.24, 2.45) is 11.3 Å². The van der Waals surface area contributed by atoms with Gasteiger partial charge in [-0.15, -0.1) is 0 Å². The number of fused-ring (bicyclic) bond motifs is 1. The topological polar surface area (TPSA) is 84.9 Å². The normalized spacial score (nSPS) is 16.7. The van der Waals surface area contributed by atoms with E-state index in [2.05, 4.69) is 73.1 Å². The molecule has 42 heavy (non-hydrogen) atoms. The second-order valence-corrected chi connectivity index (χ2v) is 12.7. The van der Waals surface area contributed by atoms with Crippen molar-refractivity contribution < 1.29 is 9.59 Å². The van der Waals surface area contributed by atoms with Crippen molar-refractivity contribution in [1.29, 1.82) is 0 Å². The molecular formula is C33H45N7O2. The van der Waals surface area contributed by atoms with Crippen molar-refractivity contribution >= 4 is 41.0 Å². The van der Waals surface area contributed by atoms with E-state index < -0.39 is 0 Å². The van der Waals surface area contributed by atoms with E-state index in [4.69, 9.17) is 4.98 Å². The van der Waals surface area contributed by atoms with Crippen LogP contribution < -0.4 is 15.1 Å². The summed E-state index contributed by atoms with van der Waals surface area (Å²) < 4.78 is 0. The average Bonchev–Trinajstić information content (AvgIpc) is 2.92. The number of carbonyl (C=O) groups excluding carboxylic acids is 2. The van der Waals surface area contributed by atoms with Crippen LogP contribution in [0.25, 0.3) is 6.08 Å². The first-order valence-electron chi connectivity index (χ1n) is 14.7. The highest BCUT2D eigenvalue weighted by molar-refractivity contribution is 5.87. The van der Waals surface area contributed by atoms with Crippen LogP contribution in [0.1, 0.15) is 46.6 Å². The zero-order valence-corrected chi connectivity index (χ0v) is 25.8. The third-order valence-electron chi connectivity index (χ3n) is 7.27. The number of nitrogens with one attached hydrogen (secondary N) is 1. The Hall–Kier alpha value is -4.14. The minimum absolute atomic E-state index is 0.000967. The van der Waals surface area contributed by atoms with Gasteiger partial charge in [-0.2, -0.15) is 4.98 Å². The largest absolute Gasteiger partial charge is 0.368 e. The highest BCUT2D eigenvalue weighted by Crippen LogP contribution is 2.31. The number of carbonyl (C=O) groups is 2. The molecule has 224 valence electrons. The number of benzene rings is 1. The summed E-state index contributed by atoms with van der Waals surface area (Å²) in [6, 6.07) is 8.22. The third-order valence-corrected chi connectivity index (χ3v) is 7.27. The molecule has 0 saturated carbocycles. The van der Waals surface area contributed by atoms with E-state index in [9.17, 15) is 9.59 Å². The van der Waals surface area contributed by atoms with Crippen LogP contribution >= 0.6 is 0 Å². The molecule has 3 aliphatic rings. The third kappa shape index (κ3) is 8.21. The first kappa shape index (κ1) is 30.8. The Kier molecular flexibility index (Phi) is 9.70. The van der Waals surface area contributed by atoms with Gasteiger partial charge in [0, 0.05) is 81.6 Å². The smallest absolute Gasteiger partial charge is 0.245 e. The monoisotopic (exact) mass is 571 g/mol. The lowest BCUT2D eigenvalue weighted by Crippen LogP contribution is -2.50. The fraction of sp³-hybridized carbons (Fsp3) is 0.455. The number of aromatic nitrogens is 2. The van der Waals surface area contributed by atoms with E-state index in [1.165, 1.54) is 6.08 Å². The number of allylic oxidation sites excluding steroid dienone is 1. The fourth-order valence-corrected chi connectivity index (χ4v) is 4.98. The van der Waals surface area contributed by atoms with Gasteiger partial charge in [-0.05, 0) is 60.2 Å². The number of likely N-dealkylation sites (tertiary alicyclic amines) is 1. The second-order valence-electron chi connectivity index (χ2n) is 12.7. The Morgan fingerprint density at radius 1 is 1.02 bits per heavy atom. The predicted molar refractivity (Wildman–Crippen MR) is 172 cm³/mol. The van der Waals surface area contributed by atoms with E-state index in [-0.39, 0.29) is 11.8 Å². The van der Waals surface area contributed by atoms with Gasteiger partial charge < -0.3 is 24.9 Å². The van der Waals surface area contributed by atoms with E-state index in [0.29, 0.717) is 17.3 Å². The molecule has 0 atom stereocenters. The van der Waals surface area contributed by atoms with E-state index in [1.807, 2.05) is 40.3 Å². The summed E-state index contributed by atoms with van der Waals surface area (Å²) >= 11 is 0. The number of nitrogens with zero attached hydrogens (tertiary/aromatic N) is 6. The van der Waals surface area contributed by atoms with Crippen LogP contribution in [0.5, 0.6) is 0 Å². The van der Waals surface area contributed by atoms with Crippen molar-refractivity contribution in [3.63, 3.8) is 0 Å². The predicted octanol–water partition coefficient (Wildman–Crippen LogP) is 5.32. The molecule has 9 heteroatoms. The van der Waals surface area contributed by atoms with Gasteiger partial charge >= 0.3 is 0 Å². The lowest BCUT2D eigenvalue weighted by molar-refractivity contribution is -0.132. The maximum absolute atomic E-state index is 11.7. The number of anilines is 4. The summed E-state index contributed by atoms with van der Waals surface area (Å²) in [7, 11) is 0. The van der Waals surface area contributed by atoms with E-state index >= 15 is 0 Å². The molecule has 2 saturated heterocycles. The van der Waals surface area contributed by atoms with Crippen molar-refractivity contribution in [1.82, 2.24) is 19.8 Å². The summed E-state index contributed by atoms with van der Waals surface area (Å²) in [5, 5.41) is 3.33. The van der Waals surface area contributed by atoms with Crippen molar-refractivity contribution in [2.75, 3.05) is 60.9 Å². The molecule has 0 radical (unpaired) electrons. The zero-order valence-electron chi connectivity index (χ0n) is 25.8. The number of amides is 2. The van der Waals surface area contributed by atoms with Crippen LogP contribution in [0.4, 0.5) is 23.1 Å². The quantitative estimate of drug-likeness (QED) is 0.450. The van der Waals surface area contributed by atoms with E-state index in [0.717, 1.165) is 80.7 Å². The number of hydrogen-bond acceptors (Lipinski definition) is 7. The van der Waals surface area contributed by atoms with Crippen LogP contribution in [0.2, 0.25) is 0 Å². The Morgan fingerprint density at radius 2 is 1.67 bits per heavy atom. The van der Waals surface area contributed by atoms with Gasteiger partial charge in [0.2, 0.25) is 17.8 Å². The van der Waals surface area contributed by atoms with Gasteiger partial charge in [-0.1, -0.05) is 40.9 Å². The van der Waals surface area contributed by atoms with Gasteiger partial charge in [0.25, 0.3) is 0 Å². The average molecular weight is 572 g/mol. The summed E-state index contributed by atoms with van der Waals surface area (Å²) in [5.74, 6) is 1.97. The van der Waals surface area contributed by atoms with Crippen LogP contribution in [0, 0.1) is 11.3 Å². The zero-order chi connectivity index (χ0) is 30.4. The molecule has 1 aromatic carbocycles. The van der Waals surface area contributed by atoms with Crippen molar-refractivity contribution in [3.8, 4) is 0 Å². The molecule has 2 fully saturated rings. The SMILES string of the molecule is C=CC(=O)N1CC(CCN2C(=C)C=Cc3cnc(Nc4ccc(N5CCN(C(C)=O)CC5)cc4)nc32)C1.CC(C)(C)C. The maximum atomic E-state index is 11.7. The summed E-state index contributed by atoms with van der Waals surface area (Å²) in [4.78, 5) is 40.8. The molecule has 3 aliphatic heterocycles. The summed E-state index contributed by atoms with van der Waals surface area (Å²) in [6.45, 7) is 23.6. The number of piperazine rings is 1. The fourth-order valence-electron chi connectivity index (χ4n) is 4.98. The highest BCUT2D eigenvalue weighted by Gasteiger charge is 2.30. The molecule has 2 amide bonds. The van der Waals surface area contributed by atoms with Crippen LogP contribution in [-0.4, -0.2) is 77.4 Å². The maximum Gasteiger partial charge on any atom is 0.245 e. The van der Waals surface area contributed by atoms with E-state index in [1.54, 1.807) is 6.92 Å². The molecule has 0 bridgehead atoms. The van der Waals surface area contributed by atoms with Crippen LogP contribution in [-0.2, 0) is 9.59 Å². The second kappa shape index (κ2) is 13.2. The molecule has 1 N–H and O–H groups in total. The number of hydrogen-bond donors (Lipinski definition) is 1. The molecule has 0 spiro atoms. The van der Waals surface area contributed by atoms with Gasteiger partial charge in [0.1, 0.15) is 5.82 Å². The van der Waals surface area contributed by atoms with Crippen molar-refractivity contribution in [3.05, 3.63) is 67.0 Å². The highest BCUT2D eigenvalue weighted by atomic mass is 16.2. The summed E-state index contributed by atoms with van der Waals surface area (Å²) in [6.07, 6.45) is 8.13.